The van der Waals surface area contributed by atoms with E-state index in [9.17, 15) is 14.4 Å². The molecule has 0 radical (unpaired) electrons. The summed E-state index contributed by atoms with van der Waals surface area (Å²) in [7, 11) is 1.53. The van der Waals surface area contributed by atoms with Crippen molar-refractivity contribution in [3.8, 4) is 0 Å². The van der Waals surface area contributed by atoms with Crippen molar-refractivity contribution >= 4 is 45.3 Å². The average molecular weight is 469 g/mol. The van der Waals surface area contributed by atoms with E-state index in [1.54, 1.807) is 4.57 Å². The summed E-state index contributed by atoms with van der Waals surface area (Å²) >= 11 is 2.64. The van der Waals surface area contributed by atoms with Gasteiger partial charge in [0.2, 0.25) is 5.91 Å². The summed E-state index contributed by atoms with van der Waals surface area (Å²) in [4.78, 5) is 43.8. The maximum atomic E-state index is 13.4. The molecular formula is C20H28N4O5S2. The maximum Gasteiger partial charge on any atom is 0.321 e. The van der Waals surface area contributed by atoms with Crippen LogP contribution in [0.2, 0.25) is 0 Å². The number of amides is 3. The molecule has 1 unspecified atom stereocenters. The van der Waals surface area contributed by atoms with Crippen LogP contribution in [0, 0.1) is 6.92 Å². The van der Waals surface area contributed by atoms with Gasteiger partial charge in [0.25, 0.3) is 5.56 Å². The van der Waals surface area contributed by atoms with Crippen LogP contribution in [0.3, 0.4) is 0 Å². The molecule has 9 nitrogen and oxygen atoms in total. The second-order valence-corrected chi connectivity index (χ2v) is 9.35. The molecule has 170 valence electrons. The number of carbonyl (C=O) groups excluding carboxylic acids is 2. The SMILES string of the molecule is CCc1c(C)sc2nc(SCC(=O)NC(=O)NCCOC)n(CC3CCCO3)c(=O)c12. The van der Waals surface area contributed by atoms with Gasteiger partial charge >= 0.3 is 6.03 Å². The Bertz CT molecular complexity index is 998. The van der Waals surface area contributed by atoms with Crippen molar-refractivity contribution in [1.29, 1.82) is 0 Å². The molecule has 1 aliphatic heterocycles. The number of hydrogen-bond acceptors (Lipinski definition) is 8. The first-order chi connectivity index (χ1) is 14.9. The van der Waals surface area contributed by atoms with Crippen LogP contribution in [0.5, 0.6) is 0 Å². The molecule has 1 fully saturated rings. The summed E-state index contributed by atoms with van der Waals surface area (Å²) < 4.78 is 12.2. The normalized spacial score (nSPS) is 16.0. The van der Waals surface area contributed by atoms with E-state index in [4.69, 9.17) is 14.5 Å². The lowest BCUT2D eigenvalue weighted by molar-refractivity contribution is -0.117. The van der Waals surface area contributed by atoms with Gasteiger partial charge in [-0.25, -0.2) is 9.78 Å². The molecule has 11 heteroatoms. The molecule has 3 heterocycles. The van der Waals surface area contributed by atoms with E-state index in [1.807, 2.05) is 13.8 Å². The summed E-state index contributed by atoms with van der Waals surface area (Å²) in [5.41, 5.74) is 0.933. The zero-order chi connectivity index (χ0) is 22.4. The summed E-state index contributed by atoms with van der Waals surface area (Å²) in [6.07, 6.45) is 2.58. The monoisotopic (exact) mass is 468 g/mol. The highest BCUT2D eigenvalue weighted by atomic mass is 32.2. The predicted octanol–water partition coefficient (Wildman–Crippen LogP) is 2.07. The third-order valence-corrected chi connectivity index (χ3v) is 7.04. The highest BCUT2D eigenvalue weighted by molar-refractivity contribution is 7.99. The molecule has 1 atom stereocenters. The number of thiophene rings is 1. The lowest BCUT2D eigenvalue weighted by Crippen LogP contribution is -2.41. The first-order valence-electron chi connectivity index (χ1n) is 10.3. The third kappa shape index (κ3) is 5.85. The number of imide groups is 1. The minimum atomic E-state index is -0.579. The van der Waals surface area contributed by atoms with E-state index < -0.39 is 11.9 Å². The van der Waals surface area contributed by atoms with E-state index in [2.05, 4.69) is 10.6 Å². The molecule has 2 aromatic heterocycles. The molecular weight excluding hydrogens is 440 g/mol. The van der Waals surface area contributed by atoms with E-state index in [0.29, 0.717) is 41.7 Å². The van der Waals surface area contributed by atoms with E-state index in [1.165, 1.54) is 18.4 Å². The Hall–Kier alpha value is -1.95. The van der Waals surface area contributed by atoms with Crippen LogP contribution in [0.4, 0.5) is 4.79 Å². The quantitative estimate of drug-likeness (QED) is 0.329. The Morgan fingerprint density at radius 3 is 2.90 bits per heavy atom. The number of methoxy groups -OCH3 is 1. The Morgan fingerprint density at radius 2 is 2.23 bits per heavy atom. The van der Waals surface area contributed by atoms with Crippen molar-refractivity contribution in [2.24, 2.45) is 0 Å². The molecule has 2 N–H and O–H groups in total. The van der Waals surface area contributed by atoms with Crippen LogP contribution >= 0.6 is 23.1 Å². The first-order valence-corrected chi connectivity index (χ1v) is 12.1. The van der Waals surface area contributed by atoms with Crippen LogP contribution < -0.4 is 16.2 Å². The van der Waals surface area contributed by atoms with Crippen molar-refractivity contribution in [3.05, 3.63) is 20.8 Å². The fourth-order valence-electron chi connectivity index (χ4n) is 3.52. The Morgan fingerprint density at radius 1 is 1.42 bits per heavy atom. The Kier molecular flexibility index (Phi) is 8.47. The smallest absolute Gasteiger partial charge is 0.321 e. The third-order valence-electron chi connectivity index (χ3n) is 5.02. The van der Waals surface area contributed by atoms with Crippen LogP contribution in [0.1, 0.15) is 30.2 Å². The number of fused-ring (bicyclic) bond motifs is 1. The second kappa shape index (κ2) is 11.1. The number of hydrogen-bond donors (Lipinski definition) is 2. The number of carbonyl (C=O) groups is 2. The lowest BCUT2D eigenvalue weighted by atomic mass is 10.1. The summed E-state index contributed by atoms with van der Waals surface area (Å²) in [5, 5.41) is 5.93. The van der Waals surface area contributed by atoms with Crippen molar-refractivity contribution < 1.29 is 19.1 Å². The Labute approximate surface area is 188 Å². The maximum absolute atomic E-state index is 13.4. The number of nitrogens with one attached hydrogen (secondary N) is 2. The molecule has 2 aromatic rings. The van der Waals surface area contributed by atoms with Gasteiger partial charge in [-0.3, -0.25) is 19.5 Å². The number of aromatic nitrogens is 2. The van der Waals surface area contributed by atoms with Crippen LogP contribution in [0.15, 0.2) is 9.95 Å². The van der Waals surface area contributed by atoms with Gasteiger partial charge in [0.1, 0.15) is 4.83 Å². The molecule has 31 heavy (non-hydrogen) atoms. The number of ether oxygens (including phenoxy) is 2. The zero-order valence-corrected chi connectivity index (χ0v) is 19.6. The van der Waals surface area contributed by atoms with E-state index in [-0.39, 0.29) is 17.4 Å². The molecule has 0 aliphatic carbocycles. The van der Waals surface area contributed by atoms with Gasteiger partial charge in [-0.2, -0.15) is 0 Å². The topological polar surface area (TPSA) is 112 Å². The van der Waals surface area contributed by atoms with Gasteiger partial charge in [-0.15, -0.1) is 11.3 Å². The van der Waals surface area contributed by atoms with Gasteiger partial charge in [-0.1, -0.05) is 18.7 Å². The molecule has 0 bridgehead atoms. The molecule has 1 saturated heterocycles. The van der Waals surface area contributed by atoms with E-state index >= 15 is 0 Å². The van der Waals surface area contributed by atoms with E-state index in [0.717, 1.165) is 41.5 Å². The minimum absolute atomic E-state index is 0.0356. The fourth-order valence-corrected chi connectivity index (χ4v) is 5.49. The van der Waals surface area contributed by atoms with Crippen molar-refractivity contribution in [3.63, 3.8) is 0 Å². The minimum Gasteiger partial charge on any atom is -0.383 e. The molecule has 3 rings (SSSR count). The van der Waals surface area contributed by atoms with Gasteiger partial charge < -0.3 is 14.8 Å². The fraction of sp³-hybridized carbons (Fsp3) is 0.600. The van der Waals surface area contributed by atoms with Crippen LogP contribution in [-0.4, -0.2) is 60.2 Å². The van der Waals surface area contributed by atoms with Crippen molar-refractivity contribution in [2.45, 2.75) is 50.9 Å². The van der Waals surface area contributed by atoms with Crippen LogP contribution in [0.25, 0.3) is 10.2 Å². The van der Waals surface area contributed by atoms with Crippen molar-refractivity contribution in [2.75, 3.05) is 32.6 Å². The van der Waals surface area contributed by atoms with Gasteiger partial charge in [0.15, 0.2) is 5.16 Å². The zero-order valence-electron chi connectivity index (χ0n) is 18.0. The highest BCUT2D eigenvalue weighted by Crippen LogP contribution is 2.30. The largest absolute Gasteiger partial charge is 0.383 e. The van der Waals surface area contributed by atoms with Crippen LogP contribution in [-0.2, 0) is 27.2 Å². The number of urea groups is 1. The molecule has 0 aromatic carbocycles. The number of aryl methyl sites for hydroxylation is 2. The number of rotatable bonds is 9. The molecule has 0 saturated carbocycles. The number of nitrogens with zero attached hydrogens (tertiary/aromatic N) is 2. The summed E-state index contributed by atoms with van der Waals surface area (Å²) in [5.74, 6) is -0.499. The standard InChI is InChI=1S/C20H28N4O5S2/c1-4-14-12(2)31-17-16(14)18(26)24(10-13-6-5-8-29-13)20(23-17)30-11-15(25)22-19(27)21-7-9-28-3/h13H,4-11H2,1-3H3,(H2,21,22,25,27). The Balaban J connectivity index is 1.80. The van der Waals surface area contributed by atoms with Gasteiger partial charge in [-0.05, 0) is 31.7 Å². The first kappa shape index (κ1) is 23.7. The highest BCUT2D eigenvalue weighted by Gasteiger charge is 2.23. The summed E-state index contributed by atoms with van der Waals surface area (Å²) in [6.45, 7) is 5.78. The molecule has 1 aliphatic rings. The lowest BCUT2D eigenvalue weighted by Gasteiger charge is -2.16. The molecule has 0 spiro atoms. The van der Waals surface area contributed by atoms with Gasteiger partial charge in [0, 0.05) is 25.1 Å². The molecule has 3 amide bonds. The van der Waals surface area contributed by atoms with Crippen molar-refractivity contribution in [1.82, 2.24) is 20.2 Å². The average Bonchev–Trinajstić information content (AvgIpc) is 3.35. The van der Waals surface area contributed by atoms with Gasteiger partial charge in [0.05, 0.1) is 30.4 Å². The second-order valence-electron chi connectivity index (χ2n) is 7.20. The summed E-state index contributed by atoms with van der Waals surface area (Å²) in [6, 6.07) is -0.579. The predicted molar refractivity (Wildman–Crippen MR) is 121 cm³/mol. The number of thioether (sulfide) groups is 1.